The van der Waals surface area contributed by atoms with Gasteiger partial charge < -0.3 is 5.11 Å². The molecule has 112 valence electrons. The highest BCUT2D eigenvalue weighted by Gasteiger charge is 2.11. The number of aliphatic carboxylic acids is 1. The summed E-state index contributed by atoms with van der Waals surface area (Å²) in [5.74, 6) is -0.950. The molecule has 7 heteroatoms. The highest BCUT2D eigenvalue weighted by molar-refractivity contribution is 7.15. The van der Waals surface area contributed by atoms with E-state index in [1.54, 1.807) is 0 Å². The van der Waals surface area contributed by atoms with Crippen molar-refractivity contribution in [1.82, 2.24) is 4.98 Å². The Balaban J connectivity index is 1.89. The Morgan fingerprint density at radius 3 is 2.86 bits per heavy atom. The molecule has 0 fully saturated rings. The molecule has 0 saturated heterocycles. The van der Waals surface area contributed by atoms with E-state index in [-0.39, 0.29) is 12.3 Å². The van der Waals surface area contributed by atoms with E-state index in [1.165, 1.54) is 27.6 Å². The summed E-state index contributed by atoms with van der Waals surface area (Å²) in [5.41, 5.74) is 0.817. The third-order valence-corrected chi connectivity index (χ3v) is 4.86. The largest absolute Gasteiger partial charge is 0.481 e. The van der Waals surface area contributed by atoms with Crippen molar-refractivity contribution in [3.63, 3.8) is 0 Å². The van der Waals surface area contributed by atoms with Crippen molar-refractivity contribution in [2.75, 3.05) is 5.32 Å². The van der Waals surface area contributed by atoms with Gasteiger partial charge in [0.05, 0.1) is 10.6 Å². The van der Waals surface area contributed by atoms with Crippen LogP contribution in [0.1, 0.15) is 40.0 Å². The van der Waals surface area contributed by atoms with Gasteiger partial charge in [-0.25, -0.2) is 4.98 Å². The Morgan fingerprint density at radius 1 is 1.38 bits per heavy atom. The van der Waals surface area contributed by atoms with Gasteiger partial charge >= 0.3 is 5.97 Å². The van der Waals surface area contributed by atoms with Crippen LogP contribution in [0, 0.1) is 0 Å². The molecule has 2 rings (SSSR count). The summed E-state index contributed by atoms with van der Waals surface area (Å²) in [4.78, 5) is 28.6. The van der Waals surface area contributed by atoms with Crippen LogP contribution >= 0.6 is 22.7 Å². The Morgan fingerprint density at radius 2 is 2.19 bits per heavy atom. The maximum absolute atomic E-state index is 12.0. The molecule has 0 radical (unpaired) electrons. The number of anilines is 1. The van der Waals surface area contributed by atoms with Gasteiger partial charge in [0.1, 0.15) is 0 Å². The lowest BCUT2D eigenvalue weighted by Gasteiger charge is -1.98. The molecule has 0 aliphatic carbocycles. The van der Waals surface area contributed by atoms with Crippen LogP contribution in [0.4, 0.5) is 5.13 Å². The van der Waals surface area contributed by atoms with Crippen molar-refractivity contribution in [3.05, 3.63) is 33.0 Å². The van der Waals surface area contributed by atoms with Crippen LogP contribution in [0.5, 0.6) is 0 Å². The summed E-state index contributed by atoms with van der Waals surface area (Å²) < 4.78 is 0. The first-order chi connectivity index (χ1) is 10.1. The van der Waals surface area contributed by atoms with Crippen LogP contribution in [0.3, 0.4) is 0 Å². The molecule has 0 aromatic carbocycles. The number of hydrogen-bond donors (Lipinski definition) is 2. The van der Waals surface area contributed by atoms with Gasteiger partial charge in [-0.1, -0.05) is 6.92 Å². The second-order valence-corrected chi connectivity index (χ2v) is 6.49. The van der Waals surface area contributed by atoms with Crippen LogP contribution < -0.4 is 5.32 Å². The van der Waals surface area contributed by atoms with Crippen molar-refractivity contribution in [2.24, 2.45) is 0 Å². The van der Waals surface area contributed by atoms with Gasteiger partial charge in [-0.05, 0) is 31.4 Å². The zero-order valence-corrected chi connectivity index (χ0v) is 13.2. The molecule has 2 heterocycles. The zero-order valence-electron chi connectivity index (χ0n) is 11.6. The molecule has 0 spiro atoms. The molecule has 0 unspecified atom stereocenters. The van der Waals surface area contributed by atoms with E-state index in [0.29, 0.717) is 22.9 Å². The molecule has 2 N–H and O–H groups in total. The predicted octanol–water partition coefficient (Wildman–Crippen LogP) is 3.43. The smallest absolute Gasteiger partial charge is 0.303 e. The number of thiophene rings is 1. The maximum Gasteiger partial charge on any atom is 0.303 e. The second kappa shape index (κ2) is 7.33. The molecule has 2 aromatic rings. The summed E-state index contributed by atoms with van der Waals surface area (Å²) in [6.07, 6.45) is 2.21. The minimum atomic E-state index is -0.803. The van der Waals surface area contributed by atoms with Gasteiger partial charge in [0, 0.05) is 16.7 Å². The SMILES string of the molecule is CCc1ccc(C(=O)Nc2nc(CCCC(=O)O)cs2)s1. The molecule has 21 heavy (non-hydrogen) atoms. The molecular weight excluding hydrogens is 308 g/mol. The Labute approximate surface area is 130 Å². The number of carboxylic acids is 1. The van der Waals surface area contributed by atoms with Gasteiger partial charge in [0.25, 0.3) is 5.91 Å². The second-order valence-electron chi connectivity index (χ2n) is 4.46. The summed E-state index contributed by atoms with van der Waals surface area (Å²) in [7, 11) is 0. The molecule has 1 amide bonds. The van der Waals surface area contributed by atoms with Gasteiger partial charge in [-0.3, -0.25) is 14.9 Å². The van der Waals surface area contributed by atoms with Crippen molar-refractivity contribution in [2.45, 2.75) is 32.6 Å². The molecule has 2 aromatic heterocycles. The summed E-state index contributed by atoms with van der Waals surface area (Å²) >= 11 is 2.84. The van der Waals surface area contributed by atoms with E-state index in [0.717, 1.165) is 12.1 Å². The summed E-state index contributed by atoms with van der Waals surface area (Å²) in [6.45, 7) is 2.05. The van der Waals surface area contributed by atoms with Crippen molar-refractivity contribution in [1.29, 1.82) is 0 Å². The quantitative estimate of drug-likeness (QED) is 0.818. The number of thiazole rings is 1. The van der Waals surface area contributed by atoms with E-state index in [1.807, 2.05) is 17.5 Å². The van der Waals surface area contributed by atoms with E-state index < -0.39 is 5.97 Å². The number of hydrogen-bond acceptors (Lipinski definition) is 5. The average molecular weight is 324 g/mol. The van der Waals surface area contributed by atoms with Gasteiger partial charge in [-0.15, -0.1) is 22.7 Å². The minimum Gasteiger partial charge on any atom is -0.481 e. The third-order valence-electron chi connectivity index (χ3n) is 2.83. The first-order valence-corrected chi connectivity index (χ1v) is 8.34. The topological polar surface area (TPSA) is 79.3 Å². The minimum absolute atomic E-state index is 0.133. The fraction of sp³-hybridized carbons (Fsp3) is 0.357. The zero-order chi connectivity index (χ0) is 15.2. The molecular formula is C14H16N2O3S2. The number of nitrogens with zero attached hydrogens (tertiary/aromatic N) is 1. The molecule has 0 bridgehead atoms. The molecule has 0 aliphatic rings. The normalized spacial score (nSPS) is 10.5. The van der Waals surface area contributed by atoms with Crippen LogP contribution in [0.25, 0.3) is 0 Å². The summed E-state index contributed by atoms with van der Waals surface area (Å²) in [5, 5.41) is 13.8. The van der Waals surface area contributed by atoms with Crippen LogP contribution in [0.2, 0.25) is 0 Å². The maximum atomic E-state index is 12.0. The highest BCUT2D eigenvalue weighted by atomic mass is 32.1. The van der Waals surface area contributed by atoms with Gasteiger partial charge in [0.2, 0.25) is 0 Å². The molecule has 0 saturated carbocycles. The fourth-order valence-electron chi connectivity index (χ4n) is 1.75. The molecule has 0 aliphatic heterocycles. The lowest BCUT2D eigenvalue weighted by Crippen LogP contribution is -2.09. The fourth-order valence-corrected chi connectivity index (χ4v) is 3.33. The van der Waals surface area contributed by atoms with Crippen molar-refractivity contribution >= 4 is 39.7 Å². The van der Waals surface area contributed by atoms with E-state index in [4.69, 9.17) is 5.11 Å². The van der Waals surface area contributed by atoms with Gasteiger partial charge in [-0.2, -0.15) is 0 Å². The predicted molar refractivity (Wildman–Crippen MR) is 84.3 cm³/mol. The highest BCUT2D eigenvalue weighted by Crippen LogP contribution is 2.21. The van der Waals surface area contributed by atoms with E-state index in [2.05, 4.69) is 17.2 Å². The van der Waals surface area contributed by atoms with Crippen molar-refractivity contribution in [3.8, 4) is 0 Å². The number of carbonyl (C=O) groups is 2. The first-order valence-electron chi connectivity index (χ1n) is 6.64. The van der Waals surface area contributed by atoms with E-state index >= 15 is 0 Å². The lowest BCUT2D eigenvalue weighted by atomic mass is 10.2. The lowest BCUT2D eigenvalue weighted by molar-refractivity contribution is -0.137. The van der Waals surface area contributed by atoms with E-state index in [9.17, 15) is 9.59 Å². The van der Waals surface area contributed by atoms with Crippen LogP contribution in [-0.2, 0) is 17.6 Å². The van der Waals surface area contributed by atoms with Gasteiger partial charge in [0.15, 0.2) is 5.13 Å². The van der Waals surface area contributed by atoms with Crippen LogP contribution in [-0.4, -0.2) is 22.0 Å². The van der Waals surface area contributed by atoms with Crippen LogP contribution in [0.15, 0.2) is 17.5 Å². The number of carbonyl (C=O) groups excluding carboxylic acids is 1. The number of aryl methyl sites for hydroxylation is 2. The Hall–Kier alpha value is -1.73. The monoisotopic (exact) mass is 324 g/mol. The molecule has 0 atom stereocenters. The Kier molecular flexibility index (Phi) is 5.46. The number of aromatic nitrogens is 1. The number of amides is 1. The Bertz CT molecular complexity index is 634. The number of nitrogens with one attached hydrogen (secondary N) is 1. The average Bonchev–Trinajstić information content (AvgIpc) is 3.07. The van der Waals surface area contributed by atoms with Crippen molar-refractivity contribution < 1.29 is 14.7 Å². The molecule has 5 nitrogen and oxygen atoms in total. The standard InChI is InChI=1S/C14H16N2O3S2/c1-2-10-6-7-11(21-10)13(19)16-14-15-9(8-20-14)4-3-5-12(17)18/h6-8H,2-5H2,1H3,(H,17,18)(H,15,16,19). The first kappa shape index (κ1) is 15.7. The summed E-state index contributed by atoms with van der Waals surface area (Å²) in [6, 6.07) is 3.78. The number of rotatable bonds is 7. The number of carboxylic acid groups (broad SMARTS) is 1. The third kappa shape index (κ3) is 4.64.